The molecule has 4 aromatic rings. The maximum Gasteiger partial charge on any atom is 0.0548 e. The van der Waals surface area contributed by atoms with Gasteiger partial charge in [0.1, 0.15) is 0 Å². The fourth-order valence-electron chi connectivity index (χ4n) is 4.47. The molecular weight excluding hydrogens is 340 g/mol. The van der Waals surface area contributed by atoms with E-state index in [1.54, 1.807) is 0 Å². The predicted octanol–water partition coefficient (Wildman–Crippen LogP) is 7.53. The summed E-state index contributed by atoms with van der Waals surface area (Å²) in [6, 6.07) is 13.1. The molecule has 0 radical (unpaired) electrons. The Bertz CT molecular complexity index is 1320. The molecule has 0 spiro atoms. The van der Waals surface area contributed by atoms with E-state index < -0.39 is 0 Å². The van der Waals surface area contributed by atoms with Gasteiger partial charge in [-0.25, -0.2) is 0 Å². The van der Waals surface area contributed by atoms with Gasteiger partial charge in [-0.3, -0.25) is 0 Å². The van der Waals surface area contributed by atoms with Crippen LogP contribution in [0.15, 0.2) is 66.8 Å². The number of hydrogen-bond acceptors (Lipinski definition) is 0. The molecule has 0 amide bonds. The van der Waals surface area contributed by atoms with Gasteiger partial charge in [-0.1, -0.05) is 48.6 Å². The highest BCUT2D eigenvalue weighted by atomic mass is 15.0. The molecule has 138 valence electrons. The van der Waals surface area contributed by atoms with E-state index in [0.717, 1.165) is 12.8 Å². The minimum atomic E-state index is 1.09. The van der Waals surface area contributed by atoms with E-state index in [0.29, 0.717) is 0 Å². The van der Waals surface area contributed by atoms with Crippen molar-refractivity contribution in [2.24, 2.45) is 0 Å². The first-order valence-corrected chi connectivity index (χ1v) is 10.0. The predicted molar refractivity (Wildman–Crippen MR) is 123 cm³/mol. The minimum Gasteiger partial charge on any atom is -0.354 e. The molecule has 0 saturated heterocycles. The average Bonchev–Trinajstić information content (AvgIpc) is 3.25. The first-order chi connectivity index (χ1) is 13.8. The van der Waals surface area contributed by atoms with E-state index >= 15 is 0 Å². The first kappa shape index (κ1) is 16.9. The Morgan fingerprint density at radius 3 is 2.54 bits per heavy atom. The molecule has 0 fully saturated rings. The Kier molecular flexibility index (Phi) is 4.05. The minimum absolute atomic E-state index is 1.09. The first-order valence-electron chi connectivity index (χ1n) is 10.0. The molecule has 1 aliphatic rings. The number of nitrogens with one attached hydrogen (secondary N) is 1. The monoisotopic (exact) mass is 364 g/mol. The van der Waals surface area contributed by atoms with Gasteiger partial charge < -0.3 is 9.55 Å². The molecule has 0 aliphatic heterocycles. The van der Waals surface area contributed by atoms with E-state index in [-0.39, 0.29) is 0 Å². The largest absolute Gasteiger partial charge is 0.354 e. The molecule has 2 heterocycles. The molecule has 2 heteroatoms. The topological polar surface area (TPSA) is 20.7 Å². The fraction of sp³-hybridized carbons (Fsp3) is 0.154. The second-order valence-corrected chi connectivity index (χ2v) is 7.30. The fourth-order valence-corrected chi connectivity index (χ4v) is 4.47. The molecule has 1 N–H and O–H groups in total. The van der Waals surface area contributed by atoms with Crippen molar-refractivity contribution in [3.8, 4) is 0 Å². The zero-order valence-corrected chi connectivity index (χ0v) is 16.4. The van der Waals surface area contributed by atoms with E-state index in [1.807, 2.05) is 0 Å². The number of H-pyrrole nitrogens is 1. The summed E-state index contributed by atoms with van der Waals surface area (Å²) in [5.74, 6) is 0. The maximum absolute atomic E-state index is 3.60. The van der Waals surface area contributed by atoms with Gasteiger partial charge in [0.2, 0.25) is 0 Å². The Labute approximate surface area is 165 Å². The quantitative estimate of drug-likeness (QED) is 0.388. The SMILES string of the molecule is C/C=C\c1c(/C=C\C)n(C2=CCCC=C2)c2ccc3[nH]c4ccccc4c3c12. The number of hydrogen-bond donors (Lipinski definition) is 1. The number of aromatic amines is 1. The highest BCUT2D eigenvalue weighted by Crippen LogP contribution is 2.40. The number of allylic oxidation sites excluding steroid dienone is 6. The van der Waals surface area contributed by atoms with Gasteiger partial charge in [0.15, 0.2) is 0 Å². The van der Waals surface area contributed by atoms with Gasteiger partial charge in [0, 0.05) is 38.5 Å². The lowest BCUT2D eigenvalue weighted by atomic mass is 10.0. The van der Waals surface area contributed by atoms with Gasteiger partial charge in [0.05, 0.1) is 11.2 Å². The third-order valence-electron chi connectivity index (χ3n) is 5.57. The Balaban J connectivity index is 2.02. The van der Waals surface area contributed by atoms with Crippen LogP contribution >= 0.6 is 0 Å². The van der Waals surface area contributed by atoms with Crippen LogP contribution in [0, 0.1) is 0 Å². The van der Waals surface area contributed by atoms with Crippen molar-refractivity contribution < 1.29 is 0 Å². The van der Waals surface area contributed by atoms with E-state index in [1.165, 1.54) is 49.7 Å². The van der Waals surface area contributed by atoms with Crippen LogP contribution in [0.2, 0.25) is 0 Å². The van der Waals surface area contributed by atoms with Crippen LogP contribution in [0.4, 0.5) is 0 Å². The zero-order chi connectivity index (χ0) is 19.1. The summed E-state index contributed by atoms with van der Waals surface area (Å²) in [7, 11) is 0. The summed E-state index contributed by atoms with van der Waals surface area (Å²) >= 11 is 0. The smallest absolute Gasteiger partial charge is 0.0548 e. The summed E-state index contributed by atoms with van der Waals surface area (Å²) < 4.78 is 2.42. The molecule has 0 saturated carbocycles. The van der Waals surface area contributed by atoms with Gasteiger partial charge >= 0.3 is 0 Å². The molecule has 0 unspecified atom stereocenters. The van der Waals surface area contributed by atoms with Crippen molar-refractivity contribution >= 4 is 50.6 Å². The lowest BCUT2D eigenvalue weighted by Crippen LogP contribution is -1.99. The lowest BCUT2D eigenvalue weighted by Gasteiger charge is -2.13. The highest BCUT2D eigenvalue weighted by Gasteiger charge is 2.20. The summed E-state index contributed by atoms with van der Waals surface area (Å²) in [6.45, 7) is 4.19. The lowest BCUT2D eigenvalue weighted by molar-refractivity contribution is 1.01. The number of aromatic nitrogens is 2. The second kappa shape index (κ2) is 6.72. The van der Waals surface area contributed by atoms with Crippen molar-refractivity contribution in [1.29, 1.82) is 0 Å². The number of nitrogens with zero attached hydrogens (tertiary/aromatic N) is 1. The zero-order valence-electron chi connectivity index (χ0n) is 16.4. The molecular formula is C26H24N2. The normalized spacial score (nSPS) is 15.0. The summed E-state index contributed by atoms with van der Waals surface area (Å²) in [5, 5.41) is 3.92. The standard InChI is InChI=1S/C26H24N2/c1-3-10-20-23(11-4-2)28(18-12-6-5-7-13-18)24-17-16-22-25(26(20)24)19-14-8-9-15-21(19)27-22/h3-4,6,8-17,27H,5,7H2,1-2H3/b10-3-,11-4-. The third kappa shape index (κ3) is 2.41. The average molecular weight is 364 g/mol. The Morgan fingerprint density at radius 2 is 1.75 bits per heavy atom. The molecule has 0 bridgehead atoms. The Hall–Kier alpha value is -3.26. The number of fused-ring (bicyclic) bond motifs is 5. The second-order valence-electron chi connectivity index (χ2n) is 7.30. The molecule has 28 heavy (non-hydrogen) atoms. The van der Waals surface area contributed by atoms with Gasteiger partial charge in [0.25, 0.3) is 0 Å². The van der Waals surface area contributed by atoms with Crippen LogP contribution < -0.4 is 0 Å². The van der Waals surface area contributed by atoms with E-state index in [4.69, 9.17) is 0 Å². The van der Waals surface area contributed by atoms with Crippen molar-refractivity contribution in [3.05, 3.63) is 78.0 Å². The molecule has 0 atom stereocenters. The molecule has 2 aromatic heterocycles. The van der Waals surface area contributed by atoms with Crippen molar-refractivity contribution in [2.45, 2.75) is 26.7 Å². The Morgan fingerprint density at radius 1 is 0.893 bits per heavy atom. The van der Waals surface area contributed by atoms with Gasteiger partial charge in [-0.2, -0.15) is 0 Å². The van der Waals surface area contributed by atoms with Gasteiger partial charge in [-0.15, -0.1) is 0 Å². The summed E-state index contributed by atoms with van der Waals surface area (Å²) in [6.07, 6.45) is 17.9. The number of benzene rings is 2. The molecule has 5 rings (SSSR count). The van der Waals surface area contributed by atoms with Crippen molar-refractivity contribution in [3.63, 3.8) is 0 Å². The van der Waals surface area contributed by atoms with Crippen LogP contribution in [0.3, 0.4) is 0 Å². The maximum atomic E-state index is 3.60. The highest BCUT2D eigenvalue weighted by molar-refractivity contribution is 6.23. The summed E-state index contributed by atoms with van der Waals surface area (Å²) in [4.78, 5) is 3.60. The number of rotatable bonds is 3. The molecule has 2 nitrogen and oxygen atoms in total. The van der Waals surface area contributed by atoms with Crippen LogP contribution in [0.25, 0.3) is 50.6 Å². The van der Waals surface area contributed by atoms with Crippen molar-refractivity contribution in [1.82, 2.24) is 9.55 Å². The number of para-hydroxylation sites is 1. The van der Waals surface area contributed by atoms with Gasteiger partial charge in [-0.05, 0) is 57.0 Å². The van der Waals surface area contributed by atoms with E-state index in [2.05, 4.69) is 102 Å². The molecule has 1 aliphatic carbocycles. The van der Waals surface area contributed by atoms with Crippen LogP contribution in [0.5, 0.6) is 0 Å². The van der Waals surface area contributed by atoms with E-state index in [9.17, 15) is 0 Å². The summed E-state index contributed by atoms with van der Waals surface area (Å²) in [5.41, 5.74) is 7.43. The van der Waals surface area contributed by atoms with Crippen LogP contribution in [-0.4, -0.2) is 9.55 Å². The molecule has 2 aromatic carbocycles. The van der Waals surface area contributed by atoms with Crippen molar-refractivity contribution in [2.75, 3.05) is 0 Å². The van der Waals surface area contributed by atoms with Crippen LogP contribution in [-0.2, 0) is 0 Å². The van der Waals surface area contributed by atoms with Crippen LogP contribution in [0.1, 0.15) is 37.9 Å². The third-order valence-corrected chi connectivity index (χ3v) is 5.57.